The van der Waals surface area contributed by atoms with Gasteiger partial charge in [0, 0.05) is 17.2 Å². The summed E-state index contributed by atoms with van der Waals surface area (Å²) in [5, 5.41) is 14.3. The van der Waals surface area contributed by atoms with E-state index in [2.05, 4.69) is 5.10 Å². The van der Waals surface area contributed by atoms with E-state index in [4.69, 9.17) is 23.2 Å². The average Bonchev–Trinajstić information content (AvgIpc) is 2.68. The Balaban J connectivity index is 2.44. The summed E-state index contributed by atoms with van der Waals surface area (Å²) in [6, 6.07) is 4.06. The van der Waals surface area contributed by atoms with Crippen LogP contribution in [0.4, 0.5) is 8.78 Å². The number of benzene rings is 1. The van der Waals surface area contributed by atoms with Gasteiger partial charge in [-0.05, 0) is 25.1 Å². The summed E-state index contributed by atoms with van der Waals surface area (Å²) >= 11 is 11.6. The lowest BCUT2D eigenvalue weighted by molar-refractivity contribution is -0.164. The Labute approximate surface area is 123 Å². The number of hydrogen-bond donors (Lipinski definition) is 1. The van der Waals surface area contributed by atoms with Crippen LogP contribution in [0.25, 0.3) is 0 Å². The van der Waals surface area contributed by atoms with Gasteiger partial charge in [0.1, 0.15) is 0 Å². The third-order valence-corrected chi connectivity index (χ3v) is 3.42. The van der Waals surface area contributed by atoms with E-state index in [1.165, 1.54) is 25.1 Å². The van der Waals surface area contributed by atoms with Gasteiger partial charge in [0.15, 0.2) is 0 Å². The van der Waals surface area contributed by atoms with Gasteiger partial charge >= 0.3 is 0 Å². The molecule has 1 atom stereocenters. The van der Waals surface area contributed by atoms with Crippen molar-refractivity contribution in [3.63, 3.8) is 0 Å². The van der Waals surface area contributed by atoms with E-state index >= 15 is 0 Å². The van der Waals surface area contributed by atoms with Crippen LogP contribution in [0, 0.1) is 0 Å². The highest BCUT2D eigenvalue weighted by Gasteiger charge is 2.51. The Kier molecular flexibility index (Phi) is 4.00. The summed E-state index contributed by atoms with van der Waals surface area (Å²) in [6.45, 7) is 1.44. The van der Waals surface area contributed by atoms with Crippen LogP contribution in [0.15, 0.2) is 23.3 Å². The van der Waals surface area contributed by atoms with Gasteiger partial charge in [0.25, 0.3) is 12.3 Å². The van der Waals surface area contributed by atoms with E-state index in [0.29, 0.717) is 5.01 Å². The van der Waals surface area contributed by atoms with Crippen molar-refractivity contribution >= 4 is 34.8 Å². The van der Waals surface area contributed by atoms with Gasteiger partial charge in [0.05, 0.1) is 10.6 Å². The predicted molar refractivity (Wildman–Crippen MR) is 71.3 cm³/mol. The molecule has 0 aliphatic carbocycles. The fourth-order valence-electron chi connectivity index (χ4n) is 1.91. The van der Waals surface area contributed by atoms with E-state index < -0.39 is 24.5 Å². The average molecular weight is 323 g/mol. The fourth-order valence-corrected chi connectivity index (χ4v) is 2.28. The van der Waals surface area contributed by atoms with Crippen molar-refractivity contribution < 1.29 is 18.7 Å². The van der Waals surface area contributed by atoms with E-state index in [0.717, 1.165) is 0 Å². The quantitative estimate of drug-likeness (QED) is 0.909. The van der Waals surface area contributed by atoms with Gasteiger partial charge in [-0.1, -0.05) is 23.2 Å². The molecule has 0 bridgehead atoms. The van der Waals surface area contributed by atoms with E-state index in [1.54, 1.807) is 0 Å². The molecule has 0 fully saturated rings. The Morgan fingerprint density at radius 2 is 2.15 bits per heavy atom. The number of hydrazone groups is 1. The summed E-state index contributed by atoms with van der Waals surface area (Å²) in [7, 11) is 0. The number of nitrogens with zero attached hydrogens (tertiary/aromatic N) is 2. The van der Waals surface area contributed by atoms with E-state index in [1.807, 2.05) is 0 Å². The Morgan fingerprint density at radius 1 is 1.50 bits per heavy atom. The summed E-state index contributed by atoms with van der Waals surface area (Å²) in [4.78, 5) is 12.3. The number of carbonyl (C=O) groups is 1. The SMILES string of the molecule is CC1=NN(C(=O)c2cc(Cl)ccc2Cl)C(O)(C(F)F)C1. The zero-order valence-corrected chi connectivity index (χ0v) is 11.8. The lowest BCUT2D eigenvalue weighted by atomic mass is 10.1. The molecular formula is C12H10Cl2F2N2O2. The van der Waals surface area contributed by atoms with Gasteiger partial charge in [0.2, 0.25) is 5.72 Å². The van der Waals surface area contributed by atoms with Crippen LogP contribution in [0.3, 0.4) is 0 Å². The molecule has 1 heterocycles. The number of carbonyl (C=O) groups excluding carboxylic acids is 1. The maximum atomic E-state index is 13.0. The molecule has 1 unspecified atom stereocenters. The van der Waals surface area contributed by atoms with Crippen molar-refractivity contribution in [1.29, 1.82) is 0 Å². The van der Waals surface area contributed by atoms with Gasteiger partial charge in [-0.2, -0.15) is 10.1 Å². The number of hydrogen-bond acceptors (Lipinski definition) is 3. The van der Waals surface area contributed by atoms with Crippen molar-refractivity contribution in [3.8, 4) is 0 Å². The second kappa shape index (κ2) is 5.27. The maximum absolute atomic E-state index is 13.0. The van der Waals surface area contributed by atoms with Crippen LogP contribution in [0.1, 0.15) is 23.7 Å². The zero-order chi connectivity index (χ0) is 15.1. The van der Waals surface area contributed by atoms with Crippen molar-refractivity contribution in [1.82, 2.24) is 5.01 Å². The first-order chi connectivity index (χ1) is 9.25. The molecule has 0 aromatic heterocycles. The minimum absolute atomic E-state index is 0.0377. The second-order valence-corrected chi connectivity index (χ2v) is 5.28. The van der Waals surface area contributed by atoms with Gasteiger partial charge in [-0.15, -0.1) is 0 Å². The standard InChI is InChI=1S/C12H10Cl2F2N2O2/c1-6-5-12(20,11(15)16)18(17-6)10(19)8-4-7(13)2-3-9(8)14/h2-4,11,20H,5H2,1H3. The number of halogens is 4. The second-order valence-electron chi connectivity index (χ2n) is 4.43. The van der Waals surface area contributed by atoms with Gasteiger partial charge in [-0.3, -0.25) is 4.79 Å². The number of alkyl halides is 2. The first kappa shape index (κ1) is 15.2. The third kappa shape index (κ3) is 2.51. The topological polar surface area (TPSA) is 52.9 Å². The van der Waals surface area contributed by atoms with E-state index in [-0.39, 0.29) is 21.3 Å². The smallest absolute Gasteiger partial charge is 0.287 e. The predicted octanol–water partition coefficient (Wildman–Crippen LogP) is 3.17. The van der Waals surface area contributed by atoms with Crippen molar-refractivity contribution in [3.05, 3.63) is 33.8 Å². The van der Waals surface area contributed by atoms with Crippen LogP contribution >= 0.6 is 23.2 Å². The summed E-state index contributed by atoms with van der Waals surface area (Å²) in [5.41, 5.74) is -2.54. The molecule has 108 valence electrons. The van der Waals surface area contributed by atoms with Crippen molar-refractivity contribution in [2.75, 3.05) is 0 Å². The highest BCUT2D eigenvalue weighted by atomic mass is 35.5. The Hall–Kier alpha value is -1.24. The van der Waals surface area contributed by atoms with Crippen molar-refractivity contribution in [2.24, 2.45) is 5.10 Å². The van der Waals surface area contributed by atoms with Gasteiger partial charge < -0.3 is 5.11 Å². The number of rotatable bonds is 2. The molecular weight excluding hydrogens is 313 g/mol. The lowest BCUT2D eigenvalue weighted by Gasteiger charge is -2.30. The number of aliphatic hydroxyl groups is 1. The highest BCUT2D eigenvalue weighted by molar-refractivity contribution is 6.35. The molecule has 0 saturated heterocycles. The summed E-state index contributed by atoms with van der Waals surface area (Å²) < 4.78 is 26.1. The van der Waals surface area contributed by atoms with E-state index in [9.17, 15) is 18.7 Å². The van der Waals surface area contributed by atoms with Crippen LogP contribution in [-0.4, -0.2) is 33.9 Å². The monoisotopic (exact) mass is 322 g/mol. The van der Waals surface area contributed by atoms with Crippen LogP contribution in [0.2, 0.25) is 10.0 Å². The summed E-state index contributed by atoms with van der Waals surface area (Å²) in [5.74, 6) is -0.933. The fraction of sp³-hybridized carbons (Fsp3) is 0.333. The zero-order valence-electron chi connectivity index (χ0n) is 10.3. The maximum Gasteiger partial charge on any atom is 0.287 e. The minimum atomic E-state index is -3.16. The molecule has 1 N–H and O–H groups in total. The molecule has 1 aromatic rings. The Morgan fingerprint density at radius 3 is 2.75 bits per heavy atom. The molecule has 20 heavy (non-hydrogen) atoms. The number of amides is 1. The molecule has 0 spiro atoms. The molecule has 1 amide bonds. The highest BCUT2D eigenvalue weighted by Crippen LogP contribution is 2.34. The van der Waals surface area contributed by atoms with Crippen LogP contribution < -0.4 is 0 Å². The van der Waals surface area contributed by atoms with Gasteiger partial charge in [-0.25, -0.2) is 8.78 Å². The largest absolute Gasteiger partial charge is 0.364 e. The molecule has 2 rings (SSSR count). The summed E-state index contributed by atoms with van der Waals surface area (Å²) in [6.07, 6.45) is -3.58. The third-order valence-electron chi connectivity index (χ3n) is 2.85. The molecule has 1 aromatic carbocycles. The molecule has 0 radical (unpaired) electrons. The van der Waals surface area contributed by atoms with Crippen molar-refractivity contribution in [2.45, 2.75) is 25.5 Å². The van der Waals surface area contributed by atoms with Crippen LogP contribution in [0.5, 0.6) is 0 Å². The lowest BCUT2D eigenvalue weighted by Crippen LogP contribution is -2.51. The van der Waals surface area contributed by atoms with Crippen LogP contribution in [-0.2, 0) is 0 Å². The Bertz CT molecular complexity index is 595. The molecule has 4 nitrogen and oxygen atoms in total. The minimum Gasteiger partial charge on any atom is -0.364 e. The molecule has 8 heteroatoms. The molecule has 1 aliphatic rings. The first-order valence-corrected chi connectivity index (χ1v) is 6.35. The normalized spacial score (nSPS) is 22.4. The molecule has 1 aliphatic heterocycles. The first-order valence-electron chi connectivity index (χ1n) is 5.60. The molecule has 0 saturated carbocycles.